The van der Waals surface area contributed by atoms with E-state index in [9.17, 15) is 38.4 Å². The van der Waals surface area contributed by atoms with Crippen LogP contribution >= 0.6 is 11.8 Å². The van der Waals surface area contributed by atoms with Crippen LogP contribution in [0.25, 0.3) is 11.3 Å². The standard InChI is InChI=1S/C27H37F3N4O6S/c1-26(2,3)13-33(4)24(38)23(27(39)7-5-6-8-27)41-25-22(37)20(21(36)18(12-35)40-25)34-11-17(31-32-34)14-9-15(28)19(30)16(29)10-14/h9-11,18,20-23,25,35-37,39H,5-8,12-13H2,1-4H3/t18-,20+,21+,22-,23-,25+/m1/s1. The molecule has 0 bridgehead atoms. The third-order valence-corrected chi connectivity index (χ3v) is 9.05. The summed E-state index contributed by atoms with van der Waals surface area (Å²) in [6.45, 7) is 5.73. The molecule has 41 heavy (non-hydrogen) atoms. The van der Waals surface area contributed by atoms with E-state index in [0.29, 0.717) is 19.4 Å². The number of hydrogen-bond donors (Lipinski definition) is 4. The van der Waals surface area contributed by atoms with Gasteiger partial charge in [-0.1, -0.05) is 38.8 Å². The summed E-state index contributed by atoms with van der Waals surface area (Å²) >= 11 is 0.923. The van der Waals surface area contributed by atoms with Crippen molar-refractivity contribution < 1.29 is 43.1 Å². The number of hydrogen-bond acceptors (Lipinski definition) is 9. The molecule has 4 rings (SSSR count). The second-order valence-electron chi connectivity index (χ2n) is 12.1. The maximum Gasteiger partial charge on any atom is 0.238 e. The topological polar surface area (TPSA) is 141 Å². The van der Waals surface area contributed by atoms with Crippen LogP contribution in [0.5, 0.6) is 0 Å². The summed E-state index contributed by atoms with van der Waals surface area (Å²) in [6, 6.07) is 0.229. The molecule has 4 N–H and O–H groups in total. The summed E-state index contributed by atoms with van der Waals surface area (Å²) in [5.74, 6) is -4.82. The van der Waals surface area contributed by atoms with Crippen LogP contribution in [0.1, 0.15) is 52.5 Å². The molecule has 6 atom stereocenters. The Morgan fingerprint density at radius 1 is 1.20 bits per heavy atom. The Hall–Kier alpha value is -2.23. The molecule has 1 aromatic carbocycles. The van der Waals surface area contributed by atoms with Gasteiger partial charge in [0, 0.05) is 19.2 Å². The van der Waals surface area contributed by atoms with Crippen LogP contribution in [-0.2, 0) is 9.53 Å². The van der Waals surface area contributed by atoms with E-state index in [4.69, 9.17) is 4.74 Å². The molecular formula is C27H37F3N4O6S. The molecule has 2 aliphatic rings. The number of thioether (sulfide) groups is 1. The highest BCUT2D eigenvalue weighted by Gasteiger charge is 2.52. The van der Waals surface area contributed by atoms with Gasteiger partial charge in [-0.15, -0.1) is 16.9 Å². The van der Waals surface area contributed by atoms with Crippen molar-refractivity contribution in [1.82, 2.24) is 19.9 Å². The average molecular weight is 603 g/mol. The number of aromatic nitrogens is 3. The molecule has 228 valence electrons. The number of benzene rings is 1. The molecule has 2 fully saturated rings. The Kier molecular flexibility index (Phi) is 9.41. The van der Waals surface area contributed by atoms with E-state index in [1.54, 1.807) is 11.9 Å². The molecule has 2 aromatic rings. The predicted octanol–water partition coefficient (Wildman–Crippen LogP) is 2.25. The average Bonchev–Trinajstić information content (AvgIpc) is 3.55. The Labute approximate surface area is 240 Å². The van der Waals surface area contributed by atoms with Crippen molar-refractivity contribution in [3.63, 3.8) is 0 Å². The zero-order chi connectivity index (χ0) is 30.3. The Morgan fingerprint density at radius 3 is 2.37 bits per heavy atom. The maximum absolute atomic E-state index is 13.8. The van der Waals surface area contributed by atoms with E-state index >= 15 is 0 Å². The second kappa shape index (κ2) is 12.2. The van der Waals surface area contributed by atoms with Gasteiger partial charge in [0.05, 0.1) is 18.4 Å². The fraction of sp³-hybridized carbons (Fsp3) is 0.667. The van der Waals surface area contributed by atoms with E-state index in [1.165, 1.54) is 6.20 Å². The minimum Gasteiger partial charge on any atom is -0.394 e. The van der Waals surface area contributed by atoms with Crippen molar-refractivity contribution in [3.8, 4) is 11.3 Å². The van der Waals surface area contributed by atoms with Crippen LogP contribution in [-0.4, -0.2) is 101 Å². The molecule has 1 amide bonds. The van der Waals surface area contributed by atoms with Crippen LogP contribution in [0.15, 0.2) is 18.3 Å². The lowest BCUT2D eigenvalue weighted by Gasteiger charge is -2.44. The van der Waals surface area contributed by atoms with Crippen molar-refractivity contribution in [2.75, 3.05) is 20.2 Å². The van der Waals surface area contributed by atoms with Crippen molar-refractivity contribution in [2.24, 2.45) is 5.41 Å². The van der Waals surface area contributed by atoms with E-state index in [2.05, 4.69) is 10.3 Å². The quantitative estimate of drug-likeness (QED) is 0.335. The molecule has 14 heteroatoms. The summed E-state index contributed by atoms with van der Waals surface area (Å²) in [4.78, 5) is 15.2. The lowest BCUT2D eigenvalue weighted by atomic mass is 9.93. The molecule has 10 nitrogen and oxygen atoms in total. The number of carbonyl (C=O) groups excluding carboxylic acids is 1. The molecule has 1 saturated heterocycles. The monoisotopic (exact) mass is 602 g/mol. The fourth-order valence-corrected chi connectivity index (χ4v) is 7.12. The number of nitrogens with zero attached hydrogens (tertiary/aromatic N) is 4. The maximum atomic E-state index is 13.8. The van der Waals surface area contributed by atoms with E-state index in [-0.39, 0.29) is 22.6 Å². The number of ether oxygens (including phenoxy) is 1. The summed E-state index contributed by atoms with van der Waals surface area (Å²) < 4.78 is 48.0. The first-order chi connectivity index (χ1) is 19.1. The lowest BCUT2D eigenvalue weighted by molar-refractivity contribution is -0.179. The van der Waals surface area contributed by atoms with Gasteiger partial charge in [0.2, 0.25) is 5.91 Å². The lowest BCUT2D eigenvalue weighted by Crippen LogP contribution is -2.57. The van der Waals surface area contributed by atoms with Gasteiger partial charge < -0.3 is 30.1 Å². The Balaban J connectivity index is 1.64. The fourth-order valence-electron chi connectivity index (χ4n) is 5.54. The molecule has 1 aromatic heterocycles. The van der Waals surface area contributed by atoms with Gasteiger partial charge in [0.25, 0.3) is 0 Å². The SMILES string of the molecule is CN(CC(C)(C)C)C(=O)[C@@H](S[C@@H]1O[C@H](CO)[C@H](O)[C@H](n2cc(-c3cc(F)c(F)c(F)c3)nn2)[C@H]1O)C1(O)CCCC1. The number of amides is 1. The highest BCUT2D eigenvalue weighted by molar-refractivity contribution is 8.01. The summed E-state index contributed by atoms with van der Waals surface area (Å²) in [7, 11) is 1.65. The number of aliphatic hydroxyl groups is 4. The first-order valence-electron chi connectivity index (χ1n) is 13.5. The van der Waals surface area contributed by atoms with E-state index < -0.39 is 64.7 Å². The first kappa shape index (κ1) is 31.7. The summed E-state index contributed by atoms with van der Waals surface area (Å²) in [6.07, 6.45) is -0.761. The normalized spacial score (nSPS) is 27.1. The highest BCUT2D eigenvalue weighted by atomic mass is 32.2. The summed E-state index contributed by atoms with van der Waals surface area (Å²) in [5.41, 5.74) is -2.93. The molecule has 1 aliphatic carbocycles. The second-order valence-corrected chi connectivity index (χ2v) is 13.3. The minimum atomic E-state index is -1.64. The van der Waals surface area contributed by atoms with Gasteiger partial charge in [0.15, 0.2) is 17.5 Å². The predicted molar refractivity (Wildman–Crippen MR) is 144 cm³/mol. The third-order valence-electron chi connectivity index (χ3n) is 7.48. The van der Waals surface area contributed by atoms with Crippen LogP contribution in [0.4, 0.5) is 13.2 Å². The first-order valence-corrected chi connectivity index (χ1v) is 14.4. The van der Waals surface area contributed by atoms with Gasteiger partial charge in [-0.2, -0.15) is 0 Å². The number of rotatable bonds is 8. The smallest absolute Gasteiger partial charge is 0.238 e. The number of carbonyl (C=O) groups is 1. The van der Waals surface area contributed by atoms with Gasteiger partial charge in [-0.25, -0.2) is 17.9 Å². The van der Waals surface area contributed by atoms with E-state index in [1.807, 2.05) is 20.8 Å². The van der Waals surface area contributed by atoms with Crippen molar-refractivity contribution in [1.29, 1.82) is 0 Å². The Morgan fingerprint density at radius 2 is 1.80 bits per heavy atom. The van der Waals surface area contributed by atoms with Crippen LogP contribution in [0.3, 0.4) is 0 Å². The number of halogens is 3. The van der Waals surface area contributed by atoms with Gasteiger partial charge >= 0.3 is 0 Å². The van der Waals surface area contributed by atoms with Crippen LogP contribution in [0.2, 0.25) is 0 Å². The molecule has 0 unspecified atom stereocenters. The molecule has 2 heterocycles. The zero-order valence-corrected chi connectivity index (χ0v) is 24.2. The van der Waals surface area contributed by atoms with Gasteiger partial charge in [0.1, 0.15) is 40.7 Å². The van der Waals surface area contributed by atoms with Crippen molar-refractivity contribution in [2.45, 2.75) is 87.1 Å². The molecule has 0 radical (unpaired) electrons. The summed E-state index contributed by atoms with van der Waals surface area (Å²) in [5, 5.41) is 50.6. The molecule has 1 aliphatic heterocycles. The van der Waals surface area contributed by atoms with Gasteiger partial charge in [-0.3, -0.25) is 4.79 Å². The number of aliphatic hydroxyl groups excluding tert-OH is 3. The van der Waals surface area contributed by atoms with Crippen molar-refractivity contribution in [3.05, 3.63) is 35.8 Å². The van der Waals surface area contributed by atoms with E-state index in [0.717, 1.165) is 41.4 Å². The minimum absolute atomic E-state index is 0.0597. The molecule has 0 spiro atoms. The molecular weight excluding hydrogens is 565 g/mol. The van der Waals surface area contributed by atoms with Crippen molar-refractivity contribution >= 4 is 17.7 Å². The Bertz CT molecular complexity index is 1210. The van der Waals surface area contributed by atoms with Crippen LogP contribution in [0, 0.1) is 22.9 Å². The third kappa shape index (κ3) is 6.73. The van der Waals surface area contributed by atoms with Crippen LogP contribution < -0.4 is 0 Å². The molecule has 1 saturated carbocycles. The largest absolute Gasteiger partial charge is 0.394 e. The highest BCUT2D eigenvalue weighted by Crippen LogP contribution is 2.44. The van der Waals surface area contributed by atoms with Gasteiger partial charge in [-0.05, 0) is 30.4 Å². The zero-order valence-electron chi connectivity index (χ0n) is 23.4.